The summed E-state index contributed by atoms with van der Waals surface area (Å²) in [7, 11) is 0. The topological polar surface area (TPSA) is 106 Å². The number of benzene rings is 1. The fraction of sp³-hybridized carbons (Fsp3) is 0.250. The van der Waals surface area contributed by atoms with Crippen LogP contribution in [0.2, 0.25) is 0 Å². The van der Waals surface area contributed by atoms with Crippen LogP contribution < -0.4 is 15.5 Å². The van der Waals surface area contributed by atoms with E-state index in [2.05, 4.69) is 14.8 Å². The Hall–Kier alpha value is -3.16. The molecule has 1 aromatic carbocycles. The molecule has 3 rings (SSSR count). The van der Waals surface area contributed by atoms with E-state index in [0.717, 1.165) is 11.4 Å². The lowest BCUT2D eigenvalue weighted by molar-refractivity contribution is -0.384. The molecule has 2 N–H and O–H groups in total. The highest BCUT2D eigenvalue weighted by Crippen LogP contribution is 2.25. The highest BCUT2D eigenvalue weighted by molar-refractivity contribution is 5.98. The van der Waals surface area contributed by atoms with E-state index in [1.807, 2.05) is 6.07 Å². The fourth-order valence-corrected chi connectivity index (χ4v) is 2.86. The lowest BCUT2D eigenvalue weighted by Crippen LogP contribution is -2.47. The van der Waals surface area contributed by atoms with E-state index in [-0.39, 0.29) is 5.69 Å². The Labute approximate surface area is 138 Å². The average Bonchev–Trinajstić information content (AvgIpc) is 2.62. The molecule has 1 saturated heterocycles. The quantitative estimate of drug-likeness (QED) is 0.672. The molecule has 2 aromatic rings. The molecule has 124 valence electrons. The molecule has 0 bridgehead atoms. The minimum absolute atomic E-state index is 0.0834. The SMILES string of the molecule is NC(=O)c1cnccc1N1CCN(c2cccc([N+](=O)[O-])c2)CC1. The molecule has 0 saturated carbocycles. The van der Waals surface area contributed by atoms with Gasteiger partial charge in [-0.05, 0) is 12.1 Å². The second-order valence-corrected chi connectivity index (χ2v) is 5.51. The summed E-state index contributed by atoms with van der Waals surface area (Å²) in [5, 5.41) is 10.9. The van der Waals surface area contributed by atoms with E-state index in [9.17, 15) is 14.9 Å². The van der Waals surface area contributed by atoms with Gasteiger partial charge in [0.15, 0.2) is 0 Å². The normalized spacial score (nSPS) is 14.5. The summed E-state index contributed by atoms with van der Waals surface area (Å²) in [5.41, 5.74) is 7.49. The molecule has 1 aliphatic rings. The molecule has 1 amide bonds. The third-order valence-electron chi connectivity index (χ3n) is 4.09. The van der Waals surface area contributed by atoms with Crippen molar-refractivity contribution in [2.75, 3.05) is 36.0 Å². The molecule has 8 nitrogen and oxygen atoms in total. The molecular formula is C16H17N5O3. The van der Waals surface area contributed by atoms with Crippen LogP contribution in [0.3, 0.4) is 0 Å². The van der Waals surface area contributed by atoms with Crippen LogP contribution in [-0.2, 0) is 0 Å². The third-order valence-corrected chi connectivity index (χ3v) is 4.09. The average molecular weight is 327 g/mol. The van der Waals surface area contributed by atoms with Crippen LogP contribution in [0.25, 0.3) is 0 Å². The van der Waals surface area contributed by atoms with Crippen molar-refractivity contribution < 1.29 is 9.72 Å². The van der Waals surface area contributed by atoms with Crippen LogP contribution in [0, 0.1) is 10.1 Å². The Bertz CT molecular complexity index is 772. The molecule has 8 heteroatoms. The first-order valence-corrected chi connectivity index (χ1v) is 7.54. The predicted octanol–water partition coefficient (Wildman–Crippen LogP) is 1.42. The van der Waals surface area contributed by atoms with Gasteiger partial charge in [-0.15, -0.1) is 0 Å². The van der Waals surface area contributed by atoms with Gasteiger partial charge in [0.2, 0.25) is 0 Å². The second-order valence-electron chi connectivity index (χ2n) is 5.51. The van der Waals surface area contributed by atoms with E-state index in [4.69, 9.17) is 5.73 Å². The van der Waals surface area contributed by atoms with Crippen LogP contribution in [0.4, 0.5) is 17.1 Å². The standard InChI is InChI=1S/C16H17N5O3/c17-16(22)14-11-18-5-4-15(14)20-8-6-19(7-9-20)12-2-1-3-13(10-12)21(23)24/h1-5,10-11H,6-9H2,(H2,17,22). The van der Waals surface area contributed by atoms with E-state index in [1.165, 1.54) is 12.3 Å². The summed E-state index contributed by atoms with van der Waals surface area (Å²) in [5.74, 6) is -0.501. The number of anilines is 2. The van der Waals surface area contributed by atoms with E-state index in [1.54, 1.807) is 24.4 Å². The molecule has 0 aliphatic carbocycles. The number of aromatic nitrogens is 1. The number of rotatable bonds is 4. The van der Waals surface area contributed by atoms with Gasteiger partial charge >= 0.3 is 0 Å². The number of primary amides is 1. The summed E-state index contributed by atoms with van der Waals surface area (Å²) in [4.78, 5) is 30.2. The number of nitrogens with zero attached hydrogens (tertiary/aromatic N) is 4. The van der Waals surface area contributed by atoms with Crippen molar-refractivity contribution in [3.8, 4) is 0 Å². The van der Waals surface area contributed by atoms with Gasteiger partial charge in [-0.25, -0.2) is 0 Å². The molecule has 1 aliphatic heterocycles. The zero-order valence-corrected chi connectivity index (χ0v) is 13.0. The molecule has 1 fully saturated rings. The molecule has 0 spiro atoms. The number of non-ortho nitro benzene ring substituents is 1. The molecular weight excluding hydrogens is 310 g/mol. The number of hydrogen-bond acceptors (Lipinski definition) is 6. The highest BCUT2D eigenvalue weighted by atomic mass is 16.6. The first kappa shape index (κ1) is 15.7. The van der Waals surface area contributed by atoms with Crippen LogP contribution in [0.15, 0.2) is 42.7 Å². The first-order chi connectivity index (χ1) is 11.6. The highest BCUT2D eigenvalue weighted by Gasteiger charge is 2.21. The molecule has 0 atom stereocenters. The molecule has 24 heavy (non-hydrogen) atoms. The van der Waals surface area contributed by atoms with Crippen LogP contribution in [0.1, 0.15) is 10.4 Å². The van der Waals surface area contributed by atoms with Gasteiger partial charge in [0.05, 0.1) is 16.2 Å². The maximum Gasteiger partial charge on any atom is 0.271 e. The van der Waals surface area contributed by atoms with Crippen molar-refractivity contribution in [1.82, 2.24) is 4.98 Å². The van der Waals surface area contributed by atoms with Gasteiger partial charge in [0, 0.05) is 56.4 Å². The van der Waals surface area contributed by atoms with Gasteiger partial charge in [-0.1, -0.05) is 6.07 Å². The number of hydrogen-bond donors (Lipinski definition) is 1. The monoisotopic (exact) mass is 327 g/mol. The Balaban J connectivity index is 1.74. The number of amides is 1. The largest absolute Gasteiger partial charge is 0.368 e. The maximum absolute atomic E-state index is 11.5. The number of nitrogens with two attached hydrogens (primary N) is 1. The van der Waals surface area contributed by atoms with Gasteiger partial charge in [-0.2, -0.15) is 0 Å². The zero-order valence-electron chi connectivity index (χ0n) is 13.0. The number of nitro groups is 1. The minimum atomic E-state index is -0.501. The van der Waals surface area contributed by atoms with Gasteiger partial charge in [0.25, 0.3) is 11.6 Å². The summed E-state index contributed by atoms with van der Waals surface area (Å²) in [6, 6.07) is 8.40. The Morgan fingerprint density at radius 2 is 1.88 bits per heavy atom. The first-order valence-electron chi connectivity index (χ1n) is 7.54. The van der Waals surface area contributed by atoms with Crippen LogP contribution >= 0.6 is 0 Å². The van der Waals surface area contributed by atoms with Crippen LogP contribution in [0.5, 0.6) is 0 Å². The lowest BCUT2D eigenvalue weighted by atomic mass is 10.1. The molecule has 0 radical (unpaired) electrons. The van der Waals surface area contributed by atoms with Gasteiger partial charge in [0.1, 0.15) is 0 Å². The Morgan fingerprint density at radius 1 is 1.17 bits per heavy atom. The van der Waals surface area contributed by atoms with E-state index in [0.29, 0.717) is 31.7 Å². The number of nitro benzene ring substituents is 1. The smallest absolute Gasteiger partial charge is 0.271 e. The number of piperazine rings is 1. The van der Waals surface area contributed by atoms with Gasteiger partial charge in [-0.3, -0.25) is 19.9 Å². The number of carbonyl (C=O) groups is 1. The van der Waals surface area contributed by atoms with Crippen molar-refractivity contribution in [1.29, 1.82) is 0 Å². The molecule has 1 aromatic heterocycles. The summed E-state index contributed by atoms with van der Waals surface area (Å²) in [6.07, 6.45) is 3.11. The summed E-state index contributed by atoms with van der Waals surface area (Å²) >= 11 is 0. The summed E-state index contributed by atoms with van der Waals surface area (Å²) < 4.78 is 0. The summed E-state index contributed by atoms with van der Waals surface area (Å²) in [6.45, 7) is 2.77. The van der Waals surface area contributed by atoms with Crippen molar-refractivity contribution in [2.24, 2.45) is 5.73 Å². The third kappa shape index (κ3) is 3.12. The predicted molar refractivity (Wildman–Crippen MR) is 90.3 cm³/mol. The number of pyridine rings is 1. The van der Waals surface area contributed by atoms with Crippen molar-refractivity contribution in [3.05, 3.63) is 58.4 Å². The second kappa shape index (κ2) is 6.53. The van der Waals surface area contributed by atoms with Crippen molar-refractivity contribution in [3.63, 3.8) is 0 Å². The molecule has 2 heterocycles. The van der Waals surface area contributed by atoms with Crippen molar-refractivity contribution >= 4 is 23.0 Å². The van der Waals surface area contributed by atoms with Crippen LogP contribution in [-0.4, -0.2) is 42.0 Å². The maximum atomic E-state index is 11.5. The Morgan fingerprint density at radius 3 is 2.54 bits per heavy atom. The fourth-order valence-electron chi connectivity index (χ4n) is 2.86. The minimum Gasteiger partial charge on any atom is -0.368 e. The number of carbonyl (C=O) groups excluding carboxylic acids is 1. The Kier molecular flexibility index (Phi) is 4.28. The molecule has 0 unspecified atom stereocenters. The van der Waals surface area contributed by atoms with Crippen molar-refractivity contribution in [2.45, 2.75) is 0 Å². The lowest BCUT2D eigenvalue weighted by Gasteiger charge is -2.37. The van der Waals surface area contributed by atoms with E-state index < -0.39 is 10.8 Å². The van der Waals surface area contributed by atoms with Gasteiger partial charge < -0.3 is 15.5 Å². The van der Waals surface area contributed by atoms with E-state index >= 15 is 0 Å². The zero-order chi connectivity index (χ0) is 17.1.